The summed E-state index contributed by atoms with van der Waals surface area (Å²) in [6.45, 7) is 0. The molecule has 0 bridgehead atoms. The highest BCUT2D eigenvalue weighted by Crippen LogP contribution is 2.37. The lowest BCUT2D eigenvalue weighted by Gasteiger charge is -2.09. The largest absolute Gasteiger partial charge is 0.338 e. The van der Waals surface area contributed by atoms with Crippen molar-refractivity contribution in [3.05, 3.63) is 71.9 Å². The van der Waals surface area contributed by atoms with E-state index >= 15 is 0 Å². The van der Waals surface area contributed by atoms with Gasteiger partial charge in [0.25, 0.3) is 0 Å². The van der Waals surface area contributed by atoms with Crippen LogP contribution in [0.4, 0.5) is 11.5 Å². The van der Waals surface area contributed by atoms with Crippen molar-refractivity contribution in [3.8, 4) is 17.2 Å². The molecule has 0 amide bonds. The topological polar surface area (TPSA) is 61.6 Å². The number of fused-ring (bicyclic) bond motifs is 1. The van der Waals surface area contributed by atoms with Gasteiger partial charge in [0.2, 0.25) is 0 Å². The van der Waals surface area contributed by atoms with Gasteiger partial charge in [-0.05, 0) is 17.7 Å². The summed E-state index contributed by atoms with van der Waals surface area (Å²) >= 11 is 1.59. The van der Waals surface area contributed by atoms with Crippen LogP contribution in [0.1, 0.15) is 5.56 Å². The van der Waals surface area contributed by atoms with Crippen LogP contribution in [0.2, 0.25) is 0 Å². The van der Waals surface area contributed by atoms with Crippen molar-refractivity contribution in [2.24, 2.45) is 0 Å². The van der Waals surface area contributed by atoms with Crippen LogP contribution in [-0.4, -0.2) is 9.97 Å². The van der Waals surface area contributed by atoms with Gasteiger partial charge in [-0.3, -0.25) is 0 Å². The van der Waals surface area contributed by atoms with E-state index in [1.54, 1.807) is 23.7 Å². The van der Waals surface area contributed by atoms with E-state index in [-0.39, 0.29) is 0 Å². The molecule has 0 unspecified atom stereocenters. The highest BCUT2D eigenvalue weighted by molar-refractivity contribution is 7.17. The number of para-hydroxylation sites is 1. The van der Waals surface area contributed by atoms with E-state index in [9.17, 15) is 5.26 Å². The average Bonchev–Trinajstić information content (AvgIpc) is 3.08. The van der Waals surface area contributed by atoms with Gasteiger partial charge in [-0.1, -0.05) is 42.5 Å². The summed E-state index contributed by atoms with van der Waals surface area (Å²) in [5.41, 5.74) is 3.54. The minimum atomic E-state index is 0.584. The fourth-order valence-corrected chi connectivity index (χ4v) is 3.53. The number of nitriles is 1. The van der Waals surface area contributed by atoms with Crippen molar-refractivity contribution in [2.75, 3.05) is 5.32 Å². The molecule has 0 saturated carbocycles. The van der Waals surface area contributed by atoms with Crippen LogP contribution in [0.15, 0.2) is 66.3 Å². The van der Waals surface area contributed by atoms with Crippen molar-refractivity contribution < 1.29 is 0 Å². The standard InChI is InChI=1S/C19H12N4S/c20-10-14-8-4-5-9-16(14)23-18-17-15(13-6-2-1-3-7-13)11-24-19(17)22-12-21-18/h1-9,11-12H,(H,21,22,23). The van der Waals surface area contributed by atoms with Gasteiger partial charge in [-0.25, -0.2) is 9.97 Å². The summed E-state index contributed by atoms with van der Waals surface area (Å²) in [7, 11) is 0. The fourth-order valence-electron chi connectivity index (χ4n) is 2.62. The zero-order valence-electron chi connectivity index (χ0n) is 12.6. The van der Waals surface area contributed by atoms with Gasteiger partial charge in [0.1, 0.15) is 23.0 Å². The van der Waals surface area contributed by atoms with E-state index in [2.05, 4.69) is 38.9 Å². The Labute approximate surface area is 143 Å². The van der Waals surface area contributed by atoms with Gasteiger partial charge in [0.15, 0.2) is 0 Å². The smallest absolute Gasteiger partial charge is 0.143 e. The second-order valence-electron chi connectivity index (χ2n) is 5.20. The molecule has 4 rings (SSSR count). The third-order valence-corrected chi connectivity index (χ3v) is 4.64. The molecule has 0 saturated heterocycles. The molecular weight excluding hydrogens is 316 g/mol. The third kappa shape index (κ3) is 2.49. The van der Waals surface area contributed by atoms with Gasteiger partial charge < -0.3 is 5.32 Å². The molecule has 2 aromatic heterocycles. The van der Waals surface area contributed by atoms with Gasteiger partial charge in [-0.2, -0.15) is 5.26 Å². The summed E-state index contributed by atoms with van der Waals surface area (Å²) in [4.78, 5) is 9.70. The maximum absolute atomic E-state index is 9.28. The quantitative estimate of drug-likeness (QED) is 0.576. The lowest BCUT2D eigenvalue weighted by atomic mass is 10.1. The Morgan fingerprint density at radius 1 is 0.958 bits per heavy atom. The van der Waals surface area contributed by atoms with Crippen molar-refractivity contribution in [2.45, 2.75) is 0 Å². The molecule has 0 aliphatic heterocycles. The Balaban J connectivity index is 1.87. The number of nitrogens with one attached hydrogen (secondary N) is 1. The van der Waals surface area contributed by atoms with Crippen LogP contribution in [0, 0.1) is 11.3 Å². The van der Waals surface area contributed by atoms with E-state index in [4.69, 9.17) is 0 Å². The summed E-state index contributed by atoms with van der Waals surface area (Å²) in [5.74, 6) is 0.711. The second-order valence-corrected chi connectivity index (χ2v) is 6.06. The number of rotatable bonds is 3. The molecule has 0 aliphatic rings. The lowest BCUT2D eigenvalue weighted by Crippen LogP contribution is -1.97. The SMILES string of the molecule is N#Cc1ccccc1Nc1ncnc2scc(-c3ccccc3)c12. The molecule has 5 heteroatoms. The van der Waals surface area contributed by atoms with Crippen LogP contribution in [0.25, 0.3) is 21.3 Å². The molecule has 1 N–H and O–H groups in total. The van der Waals surface area contributed by atoms with Crippen LogP contribution >= 0.6 is 11.3 Å². The van der Waals surface area contributed by atoms with Gasteiger partial charge in [0.05, 0.1) is 16.6 Å². The molecule has 2 heterocycles. The number of anilines is 2. The number of aromatic nitrogens is 2. The first-order valence-electron chi connectivity index (χ1n) is 7.40. The number of hydrogen-bond donors (Lipinski definition) is 1. The predicted molar refractivity (Wildman–Crippen MR) is 97.3 cm³/mol. The van der Waals surface area contributed by atoms with Crippen LogP contribution in [0.3, 0.4) is 0 Å². The van der Waals surface area contributed by atoms with Crippen molar-refractivity contribution >= 4 is 33.1 Å². The Hall–Kier alpha value is -3.23. The van der Waals surface area contributed by atoms with Crippen LogP contribution in [-0.2, 0) is 0 Å². The molecule has 114 valence electrons. The van der Waals surface area contributed by atoms with Gasteiger partial charge in [-0.15, -0.1) is 11.3 Å². The monoisotopic (exact) mass is 328 g/mol. The molecule has 24 heavy (non-hydrogen) atoms. The zero-order valence-corrected chi connectivity index (χ0v) is 13.4. The molecule has 0 fully saturated rings. The summed E-state index contributed by atoms with van der Waals surface area (Å²) in [6.07, 6.45) is 1.55. The number of benzene rings is 2. The minimum absolute atomic E-state index is 0.584. The maximum Gasteiger partial charge on any atom is 0.143 e. The van der Waals surface area contributed by atoms with Crippen LogP contribution < -0.4 is 5.32 Å². The Kier molecular flexibility index (Phi) is 3.66. The molecule has 4 nitrogen and oxygen atoms in total. The second kappa shape index (κ2) is 6.11. The highest BCUT2D eigenvalue weighted by Gasteiger charge is 2.14. The van der Waals surface area contributed by atoms with E-state index in [1.807, 2.05) is 36.4 Å². The minimum Gasteiger partial charge on any atom is -0.338 e. The van der Waals surface area contributed by atoms with Crippen molar-refractivity contribution in [3.63, 3.8) is 0 Å². The number of nitrogens with zero attached hydrogens (tertiary/aromatic N) is 3. The van der Waals surface area contributed by atoms with E-state index < -0.39 is 0 Å². The molecule has 2 aromatic carbocycles. The van der Waals surface area contributed by atoms with Gasteiger partial charge >= 0.3 is 0 Å². The molecule has 0 spiro atoms. The molecule has 0 atom stereocenters. The normalized spacial score (nSPS) is 10.5. The predicted octanol–water partition coefficient (Wildman–Crippen LogP) is 4.97. The first-order chi connectivity index (χ1) is 11.9. The Morgan fingerprint density at radius 2 is 1.75 bits per heavy atom. The summed E-state index contributed by atoms with van der Waals surface area (Å²) < 4.78 is 0. The Morgan fingerprint density at radius 3 is 2.58 bits per heavy atom. The first-order valence-corrected chi connectivity index (χ1v) is 8.28. The Bertz CT molecular complexity index is 1050. The van der Waals surface area contributed by atoms with Gasteiger partial charge in [0, 0.05) is 10.9 Å². The molecule has 0 radical (unpaired) electrons. The maximum atomic E-state index is 9.28. The number of hydrogen-bond acceptors (Lipinski definition) is 5. The molecule has 0 aliphatic carbocycles. The van der Waals surface area contributed by atoms with E-state index in [0.29, 0.717) is 11.4 Å². The third-order valence-electron chi connectivity index (χ3n) is 3.76. The summed E-state index contributed by atoms with van der Waals surface area (Å²) in [6, 6.07) is 19.8. The summed E-state index contributed by atoms with van der Waals surface area (Å²) in [5, 5.41) is 15.6. The molecule has 4 aromatic rings. The lowest BCUT2D eigenvalue weighted by molar-refractivity contribution is 1.23. The van der Waals surface area contributed by atoms with E-state index in [1.165, 1.54) is 0 Å². The fraction of sp³-hybridized carbons (Fsp3) is 0. The van der Waals surface area contributed by atoms with Crippen LogP contribution in [0.5, 0.6) is 0 Å². The van der Waals surface area contributed by atoms with E-state index in [0.717, 1.165) is 27.0 Å². The highest BCUT2D eigenvalue weighted by atomic mass is 32.1. The van der Waals surface area contributed by atoms with Crippen molar-refractivity contribution in [1.82, 2.24) is 9.97 Å². The number of thiophene rings is 1. The molecular formula is C19H12N4S. The average molecular weight is 328 g/mol. The first kappa shape index (κ1) is 14.4. The van der Waals surface area contributed by atoms with Crippen molar-refractivity contribution in [1.29, 1.82) is 5.26 Å². The zero-order chi connectivity index (χ0) is 16.4.